The van der Waals surface area contributed by atoms with Gasteiger partial charge in [-0.1, -0.05) is 0 Å². The molecule has 1 amide bonds. The highest BCUT2D eigenvalue weighted by molar-refractivity contribution is 5.92. The van der Waals surface area contributed by atoms with E-state index in [1.165, 1.54) is 12.4 Å². The summed E-state index contributed by atoms with van der Waals surface area (Å²) in [6.45, 7) is 8.39. The number of hydrogen-bond acceptors (Lipinski definition) is 6. The molecule has 0 bridgehead atoms. The molecule has 4 rings (SSSR count). The molecule has 0 saturated carbocycles. The molecule has 3 heterocycles. The minimum absolute atomic E-state index is 0.000622. The molecule has 1 aliphatic heterocycles. The number of fused-ring (bicyclic) bond motifs is 3. The van der Waals surface area contributed by atoms with Crippen LogP contribution in [0, 0.1) is 12.7 Å². The lowest BCUT2D eigenvalue weighted by molar-refractivity contribution is 0.0196. The Bertz CT molecular complexity index is 1070. The van der Waals surface area contributed by atoms with Gasteiger partial charge in [0.05, 0.1) is 11.6 Å². The molecule has 0 atom stereocenters. The number of carbonyl (C=O) groups excluding carboxylic acids is 1. The van der Waals surface area contributed by atoms with Crippen LogP contribution in [0.1, 0.15) is 26.3 Å². The van der Waals surface area contributed by atoms with Gasteiger partial charge < -0.3 is 14.5 Å². The monoisotopic (exact) mass is 386 g/mol. The third-order valence-corrected chi connectivity index (χ3v) is 4.85. The van der Waals surface area contributed by atoms with E-state index in [1.807, 2.05) is 25.7 Å². The van der Waals surface area contributed by atoms with E-state index in [-0.39, 0.29) is 18.0 Å². The van der Waals surface area contributed by atoms with E-state index in [0.29, 0.717) is 35.8 Å². The molecule has 3 aromatic rings. The number of rotatable bonds is 2. The number of carbonyl (C=O) groups is 1. The highest BCUT2D eigenvalue weighted by Gasteiger charge is 2.36. The molecule has 0 spiro atoms. The molecule has 1 saturated heterocycles. The van der Waals surface area contributed by atoms with E-state index >= 15 is 0 Å². The number of likely N-dealkylation sites (N-methyl/N-ethyl adjacent to an activating group) is 1. The summed E-state index contributed by atoms with van der Waals surface area (Å²) in [6.07, 6.45) is 1.11. The Kier molecular flexibility index (Phi) is 4.13. The van der Waals surface area contributed by atoms with E-state index in [9.17, 15) is 9.18 Å². The first-order chi connectivity index (χ1) is 13.1. The molecule has 0 N–H and O–H groups in total. The third-order valence-electron chi connectivity index (χ3n) is 4.85. The maximum absolute atomic E-state index is 14.0. The smallest absolute Gasteiger partial charge is 0.410 e. The van der Waals surface area contributed by atoms with Crippen LogP contribution in [0.2, 0.25) is 0 Å². The summed E-state index contributed by atoms with van der Waals surface area (Å²) in [5.74, 6) is 0.276. The Morgan fingerprint density at radius 3 is 2.71 bits per heavy atom. The van der Waals surface area contributed by atoms with E-state index in [4.69, 9.17) is 4.74 Å². The zero-order valence-corrected chi connectivity index (χ0v) is 16.6. The maximum Gasteiger partial charge on any atom is 0.410 e. The molecule has 0 unspecified atom stereocenters. The lowest BCUT2D eigenvalue weighted by Crippen LogP contribution is -2.61. The van der Waals surface area contributed by atoms with Crippen LogP contribution in [0.3, 0.4) is 0 Å². The lowest BCUT2D eigenvalue weighted by atomic mass is 10.1. The van der Waals surface area contributed by atoms with Gasteiger partial charge in [0.1, 0.15) is 17.7 Å². The zero-order chi connectivity index (χ0) is 20.2. The number of aromatic nitrogens is 4. The summed E-state index contributed by atoms with van der Waals surface area (Å²) in [6, 6.07) is 3.16. The minimum Gasteiger partial charge on any atom is -0.444 e. The molecule has 1 fully saturated rings. The predicted molar refractivity (Wildman–Crippen MR) is 103 cm³/mol. The van der Waals surface area contributed by atoms with Gasteiger partial charge in [0.25, 0.3) is 0 Å². The fourth-order valence-electron chi connectivity index (χ4n) is 3.22. The van der Waals surface area contributed by atoms with Crippen molar-refractivity contribution >= 4 is 28.6 Å². The van der Waals surface area contributed by atoms with Crippen LogP contribution in [0.5, 0.6) is 0 Å². The van der Waals surface area contributed by atoms with E-state index in [1.54, 1.807) is 29.5 Å². The second-order valence-electron chi connectivity index (χ2n) is 8.18. The van der Waals surface area contributed by atoms with Gasteiger partial charge in [-0.25, -0.2) is 19.2 Å². The third kappa shape index (κ3) is 3.10. The number of nitrogens with zero attached hydrogens (tertiary/aromatic N) is 6. The molecule has 8 nitrogen and oxygen atoms in total. The van der Waals surface area contributed by atoms with Crippen LogP contribution in [-0.4, -0.2) is 62.4 Å². The van der Waals surface area contributed by atoms with Crippen molar-refractivity contribution in [1.29, 1.82) is 0 Å². The quantitative estimate of drug-likeness (QED) is 0.674. The van der Waals surface area contributed by atoms with Crippen LogP contribution in [0.4, 0.5) is 15.1 Å². The second kappa shape index (κ2) is 6.29. The highest BCUT2D eigenvalue weighted by Crippen LogP contribution is 2.28. The van der Waals surface area contributed by atoms with Gasteiger partial charge in [0.2, 0.25) is 5.95 Å². The lowest BCUT2D eigenvalue weighted by Gasteiger charge is -2.44. The Morgan fingerprint density at radius 2 is 2.04 bits per heavy atom. The van der Waals surface area contributed by atoms with Gasteiger partial charge in [0, 0.05) is 31.6 Å². The molecule has 2 aromatic heterocycles. The fourth-order valence-corrected chi connectivity index (χ4v) is 3.22. The largest absolute Gasteiger partial charge is 0.444 e. The van der Waals surface area contributed by atoms with Gasteiger partial charge in [-0.05, 0) is 39.3 Å². The Balaban J connectivity index is 1.60. The maximum atomic E-state index is 14.0. The van der Waals surface area contributed by atoms with Crippen molar-refractivity contribution in [2.24, 2.45) is 0 Å². The van der Waals surface area contributed by atoms with Crippen molar-refractivity contribution in [2.75, 3.05) is 25.0 Å². The summed E-state index contributed by atoms with van der Waals surface area (Å²) >= 11 is 0. The fraction of sp³-hybridized carbons (Fsp3) is 0.474. The Labute approximate surface area is 161 Å². The summed E-state index contributed by atoms with van der Waals surface area (Å²) in [5, 5.41) is 5.03. The summed E-state index contributed by atoms with van der Waals surface area (Å²) in [4.78, 5) is 24.8. The molecular formula is C19H23FN6O2. The van der Waals surface area contributed by atoms with Gasteiger partial charge in [-0.2, -0.15) is 9.61 Å². The first-order valence-corrected chi connectivity index (χ1v) is 9.14. The van der Waals surface area contributed by atoms with Gasteiger partial charge in [-0.3, -0.25) is 0 Å². The number of anilines is 1. The Hall–Kier alpha value is -2.97. The molecule has 9 heteroatoms. The molecule has 0 aliphatic carbocycles. The predicted octanol–water partition coefficient (Wildman–Crippen LogP) is 2.78. The van der Waals surface area contributed by atoms with Crippen molar-refractivity contribution < 1.29 is 13.9 Å². The van der Waals surface area contributed by atoms with E-state index in [2.05, 4.69) is 15.1 Å². The van der Waals surface area contributed by atoms with E-state index < -0.39 is 5.60 Å². The molecule has 1 aromatic carbocycles. The summed E-state index contributed by atoms with van der Waals surface area (Å²) in [5.41, 5.74) is 1.16. The second-order valence-corrected chi connectivity index (χ2v) is 8.18. The minimum atomic E-state index is -0.538. The number of ether oxygens (including phenoxy) is 1. The van der Waals surface area contributed by atoms with Crippen molar-refractivity contribution in [3.8, 4) is 0 Å². The number of hydrogen-bond donors (Lipinski definition) is 0. The van der Waals surface area contributed by atoms with Crippen molar-refractivity contribution in [2.45, 2.75) is 39.3 Å². The average Bonchev–Trinajstić information content (AvgIpc) is 3.03. The first kappa shape index (κ1) is 18.4. The Morgan fingerprint density at radius 1 is 1.32 bits per heavy atom. The van der Waals surface area contributed by atoms with Gasteiger partial charge in [-0.15, -0.1) is 0 Å². The summed E-state index contributed by atoms with van der Waals surface area (Å²) < 4.78 is 21.1. The first-order valence-electron chi connectivity index (χ1n) is 9.14. The van der Waals surface area contributed by atoms with Crippen molar-refractivity contribution in [3.05, 3.63) is 29.8 Å². The van der Waals surface area contributed by atoms with Crippen LogP contribution >= 0.6 is 0 Å². The van der Waals surface area contributed by atoms with Crippen molar-refractivity contribution in [3.63, 3.8) is 0 Å². The SMILES string of the molecule is Cc1cc2c(cc1F)nc(N1CC(N(C)C(=O)OC(C)(C)C)C1)n1ncnc21. The summed E-state index contributed by atoms with van der Waals surface area (Å²) in [7, 11) is 1.73. The normalized spacial score (nSPS) is 15.1. The van der Waals surface area contributed by atoms with Gasteiger partial charge >= 0.3 is 6.09 Å². The highest BCUT2D eigenvalue weighted by atomic mass is 19.1. The number of benzene rings is 1. The molecule has 148 valence electrons. The standard InChI is InChI=1S/C19H23FN6O2/c1-11-6-13-15(7-14(11)20)23-17(26-16(13)21-10-22-26)25-8-12(9-25)24(5)18(27)28-19(2,3)4/h6-7,10,12H,8-9H2,1-5H3. The van der Waals surface area contributed by atoms with E-state index in [0.717, 1.165) is 5.39 Å². The number of halogens is 1. The van der Waals surface area contributed by atoms with Crippen LogP contribution in [0.15, 0.2) is 18.5 Å². The van der Waals surface area contributed by atoms with Crippen LogP contribution in [-0.2, 0) is 4.74 Å². The number of amides is 1. The molecular weight excluding hydrogens is 363 g/mol. The van der Waals surface area contributed by atoms with Gasteiger partial charge in [0.15, 0.2) is 5.65 Å². The van der Waals surface area contributed by atoms with Crippen LogP contribution in [0.25, 0.3) is 16.6 Å². The zero-order valence-electron chi connectivity index (χ0n) is 16.6. The average molecular weight is 386 g/mol. The van der Waals surface area contributed by atoms with Crippen LogP contribution < -0.4 is 4.90 Å². The molecule has 1 aliphatic rings. The molecule has 0 radical (unpaired) electrons. The topological polar surface area (TPSA) is 75.9 Å². The van der Waals surface area contributed by atoms with Crippen molar-refractivity contribution in [1.82, 2.24) is 24.5 Å². The molecule has 28 heavy (non-hydrogen) atoms. The number of aryl methyl sites for hydroxylation is 1.